The summed E-state index contributed by atoms with van der Waals surface area (Å²) in [5, 5.41) is 2.11. The Morgan fingerprint density at radius 3 is 2.45 bits per heavy atom. The second-order valence-corrected chi connectivity index (χ2v) is 9.84. The first-order chi connectivity index (χ1) is 16.0. The summed E-state index contributed by atoms with van der Waals surface area (Å²) in [5.41, 5.74) is 4.11. The molecule has 0 N–H and O–H groups in total. The van der Waals surface area contributed by atoms with E-state index in [-0.39, 0.29) is 30.4 Å². The van der Waals surface area contributed by atoms with Gasteiger partial charge in [-0.05, 0) is 73.0 Å². The number of carbonyl (C=O) groups is 2. The molecule has 1 aliphatic heterocycles. The lowest BCUT2D eigenvalue weighted by Crippen LogP contribution is -2.47. The Morgan fingerprint density at radius 1 is 1.06 bits per heavy atom. The van der Waals surface area contributed by atoms with Crippen LogP contribution in [0.3, 0.4) is 0 Å². The maximum absolute atomic E-state index is 13.7. The number of nitrogens with zero attached hydrogens (tertiary/aromatic N) is 2. The van der Waals surface area contributed by atoms with Crippen LogP contribution in [0, 0.1) is 6.92 Å². The molecule has 1 unspecified atom stereocenters. The molecule has 6 heteroatoms. The zero-order valence-electron chi connectivity index (χ0n) is 19.0. The van der Waals surface area contributed by atoms with Gasteiger partial charge in [-0.2, -0.15) is 0 Å². The van der Waals surface area contributed by atoms with Gasteiger partial charge in [-0.15, -0.1) is 11.3 Å². The first-order valence-corrected chi connectivity index (χ1v) is 12.3. The van der Waals surface area contributed by atoms with Crippen molar-refractivity contribution in [2.45, 2.75) is 38.3 Å². The number of amides is 2. The van der Waals surface area contributed by atoms with Crippen molar-refractivity contribution in [3.63, 3.8) is 0 Å². The first-order valence-electron chi connectivity index (χ1n) is 11.4. The summed E-state index contributed by atoms with van der Waals surface area (Å²) in [5.74, 6) is 0.626. The molecule has 170 valence electrons. The summed E-state index contributed by atoms with van der Waals surface area (Å²) in [6.45, 7) is 2.85. The minimum absolute atomic E-state index is 0.00573. The van der Waals surface area contributed by atoms with Crippen LogP contribution in [0.15, 0.2) is 60.0 Å². The summed E-state index contributed by atoms with van der Waals surface area (Å²) in [6.07, 6.45) is 2.76. The SMILES string of the molecule is COc1ccc(C(=O)N(CC(=O)N2CCc3sccc3C2c2ccc(C)cc2)C2CC2)cc1. The van der Waals surface area contributed by atoms with Crippen LogP contribution < -0.4 is 4.74 Å². The minimum atomic E-state index is -0.106. The number of aryl methyl sites for hydroxylation is 1. The van der Waals surface area contributed by atoms with Crippen LogP contribution in [0.4, 0.5) is 0 Å². The Kier molecular flexibility index (Phi) is 5.94. The molecule has 1 aromatic heterocycles. The third-order valence-corrected chi connectivity index (χ3v) is 7.57. The molecule has 5 nitrogen and oxygen atoms in total. The largest absolute Gasteiger partial charge is 0.497 e. The third kappa shape index (κ3) is 4.40. The van der Waals surface area contributed by atoms with E-state index in [1.165, 1.54) is 16.0 Å². The molecule has 2 heterocycles. The lowest BCUT2D eigenvalue weighted by atomic mass is 9.92. The van der Waals surface area contributed by atoms with E-state index in [4.69, 9.17) is 4.74 Å². The van der Waals surface area contributed by atoms with Crippen molar-refractivity contribution in [2.75, 3.05) is 20.2 Å². The zero-order chi connectivity index (χ0) is 22.9. The van der Waals surface area contributed by atoms with E-state index in [0.29, 0.717) is 17.9 Å². The van der Waals surface area contributed by atoms with Gasteiger partial charge in [-0.25, -0.2) is 0 Å². The van der Waals surface area contributed by atoms with Crippen LogP contribution in [0.25, 0.3) is 0 Å². The molecule has 3 aromatic rings. The highest BCUT2D eigenvalue weighted by atomic mass is 32.1. The molecule has 0 radical (unpaired) electrons. The summed E-state index contributed by atoms with van der Waals surface area (Å²) in [6, 6.07) is 17.7. The number of methoxy groups -OCH3 is 1. The Balaban J connectivity index is 1.40. The molecular formula is C27H28N2O3S. The molecule has 1 saturated carbocycles. The van der Waals surface area contributed by atoms with Crippen LogP contribution in [-0.4, -0.2) is 47.9 Å². The highest BCUT2D eigenvalue weighted by Gasteiger charge is 2.38. The second-order valence-electron chi connectivity index (χ2n) is 8.84. The fourth-order valence-electron chi connectivity index (χ4n) is 4.58. The summed E-state index contributed by atoms with van der Waals surface area (Å²) in [7, 11) is 1.61. The average molecular weight is 461 g/mol. The first kappa shape index (κ1) is 21.7. The van der Waals surface area contributed by atoms with Crippen molar-refractivity contribution in [1.29, 1.82) is 0 Å². The van der Waals surface area contributed by atoms with Gasteiger partial charge in [0.05, 0.1) is 13.2 Å². The molecule has 33 heavy (non-hydrogen) atoms. The summed E-state index contributed by atoms with van der Waals surface area (Å²) < 4.78 is 5.21. The van der Waals surface area contributed by atoms with Crippen LogP contribution in [-0.2, 0) is 11.2 Å². The fraction of sp³-hybridized carbons (Fsp3) is 0.333. The van der Waals surface area contributed by atoms with Crippen molar-refractivity contribution in [3.05, 3.63) is 87.1 Å². The highest BCUT2D eigenvalue weighted by molar-refractivity contribution is 7.10. The maximum Gasteiger partial charge on any atom is 0.254 e. The molecule has 0 bridgehead atoms. The zero-order valence-corrected chi connectivity index (χ0v) is 19.8. The van der Waals surface area contributed by atoms with Gasteiger partial charge in [-0.1, -0.05) is 29.8 Å². The number of thiophene rings is 1. The number of fused-ring (bicyclic) bond motifs is 1. The highest BCUT2D eigenvalue weighted by Crippen LogP contribution is 2.38. The fourth-order valence-corrected chi connectivity index (χ4v) is 5.49. The lowest BCUT2D eigenvalue weighted by molar-refractivity contribution is -0.134. The Morgan fingerprint density at radius 2 is 1.79 bits per heavy atom. The molecule has 2 aromatic carbocycles. The number of benzene rings is 2. The quantitative estimate of drug-likeness (QED) is 0.529. The van der Waals surface area contributed by atoms with Gasteiger partial charge >= 0.3 is 0 Å². The Hall–Kier alpha value is -3.12. The predicted molar refractivity (Wildman–Crippen MR) is 130 cm³/mol. The molecular weight excluding hydrogens is 432 g/mol. The normalized spacial score (nSPS) is 17.4. The number of carbonyl (C=O) groups excluding carboxylic acids is 2. The van der Waals surface area contributed by atoms with Crippen molar-refractivity contribution in [3.8, 4) is 5.75 Å². The predicted octanol–water partition coefficient (Wildman–Crippen LogP) is 4.84. The molecule has 1 aliphatic carbocycles. The van der Waals surface area contributed by atoms with E-state index in [9.17, 15) is 9.59 Å². The topological polar surface area (TPSA) is 49.9 Å². The van der Waals surface area contributed by atoms with Crippen LogP contribution in [0.2, 0.25) is 0 Å². The smallest absolute Gasteiger partial charge is 0.254 e. The van der Waals surface area contributed by atoms with Crippen molar-refractivity contribution in [1.82, 2.24) is 9.80 Å². The Labute approximate surface area is 198 Å². The maximum atomic E-state index is 13.7. The number of rotatable bonds is 6. The van der Waals surface area contributed by atoms with Crippen LogP contribution in [0.5, 0.6) is 5.75 Å². The van der Waals surface area contributed by atoms with Gasteiger partial charge in [0.1, 0.15) is 12.3 Å². The molecule has 0 saturated heterocycles. The molecule has 1 atom stereocenters. The molecule has 1 fully saturated rings. The Bertz CT molecular complexity index is 1150. The average Bonchev–Trinajstić information content (AvgIpc) is 3.57. The third-order valence-electron chi connectivity index (χ3n) is 6.57. The van der Waals surface area contributed by atoms with Crippen molar-refractivity contribution < 1.29 is 14.3 Å². The van der Waals surface area contributed by atoms with Gasteiger partial charge in [0.25, 0.3) is 5.91 Å². The number of hydrogen-bond acceptors (Lipinski definition) is 4. The monoisotopic (exact) mass is 460 g/mol. The molecule has 2 amide bonds. The van der Waals surface area contributed by atoms with Gasteiger partial charge < -0.3 is 14.5 Å². The van der Waals surface area contributed by atoms with Gasteiger partial charge in [0, 0.05) is 23.0 Å². The molecule has 0 spiro atoms. The van der Waals surface area contributed by atoms with E-state index in [0.717, 1.165) is 24.8 Å². The summed E-state index contributed by atoms with van der Waals surface area (Å²) in [4.78, 5) is 32.1. The number of ether oxygens (including phenoxy) is 1. The van der Waals surface area contributed by atoms with E-state index in [1.54, 1.807) is 47.6 Å². The van der Waals surface area contributed by atoms with Crippen LogP contribution in [0.1, 0.15) is 50.8 Å². The van der Waals surface area contributed by atoms with Gasteiger partial charge in [-0.3, -0.25) is 9.59 Å². The minimum Gasteiger partial charge on any atom is -0.497 e. The van der Waals surface area contributed by atoms with E-state index >= 15 is 0 Å². The van der Waals surface area contributed by atoms with E-state index in [1.807, 2.05) is 4.90 Å². The molecule has 5 rings (SSSR count). The van der Waals surface area contributed by atoms with Crippen LogP contribution >= 0.6 is 11.3 Å². The second kappa shape index (κ2) is 9.02. The van der Waals surface area contributed by atoms with E-state index in [2.05, 4.69) is 42.6 Å². The van der Waals surface area contributed by atoms with Crippen molar-refractivity contribution in [2.24, 2.45) is 0 Å². The van der Waals surface area contributed by atoms with Crippen molar-refractivity contribution >= 4 is 23.2 Å². The van der Waals surface area contributed by atoms with Gasteiger partial charge in [0.2, 0.25) is 5.91 Å². The standard InChI is InChI=1S/C27H28N2O3S/c1-18-3-5-19(6-4-18)26-23-14-16-33-24(23)13-15-28(26)25(30)17-29(21-9-10-21)27(31)20-7-11-22(32-2)12-8-20/h3-8,11-12,14,16,21,26H,9-10,13,15,17H2,1-2H3. The van der Waals surface area contributed by atoms with E-state index < -0.39 is 0 Å². The lowest BCUT2D eigenvalue weighted by Gasteiger charge is -2.37. The summed E-state index contributed by atoms with van der Waals surface area (Å²) >= 11 is 1.76. The molecule has 2 aliphatic rings. The van der Waals surface area contributed by atoms with Gasteiger partial charge in [0.15, 0.2) is 0 Å². The number of hydrogen-bond donors (Lipinski definition) is 0.